The van der Waals surface area contributed by atoms with Gasteiger partial charge in [-0.1, -0.05) is 24.3 Å². The summed E-state index contributed by atoms with van der Waals surface area (Å²) in [6, 6.07) is 13.7. The lowest BCUT2D eigenvalue weighted by Crippen LogP contribution is -2.55. The van der Waals surface area contributed by atoms with Gasteiger partial charge in [0.25, 0.3) is 5.91 Å². The molecular weight excluding hydrogens is 478 g/mol. The summed E-state index contributed by atoms with van der Waals surface area (Å²) in [6.45, 7) is -0.312. The van der Waals surface area contributed by atoms with Crippen LogP contribution in [0, 0.1) is 11.3 Å². The largest absolute Gasteiger partial charge is 0.417 e. The lowest BCUT2D eigenvalue weighted by atomic mass is 9.99. The standard InChI is InChI=1S/C24H19F4N7O/c25-14-9-19(33(11-14)22-16(10-29)21(30)31-12-32-22)35-13-34(15-5-2-1-3-6-15)23(36)20-17(24(26,27)28)7-4-8-18(20)35/h1-8,12,14,19H,9,11,13H2,(H2,30,31,32)/t14-,19-/m0/s1. The topological polar surface area (TPSA) is 102 Å². The van der Waals surface area contributed by atoms with Crippen molar-refractivity contribution in [1.82, 2.24) is 9.97 Å². The number of nitrogens with zero attached hydrogens (tertiary/aromatic N) is 6. The number of rotatable bonds is 3. The monoisotopic (exact) mass is 497 g/mol. The number of amides is 1. The first-order valence-electron chi connectivity index (χ1n) is 11.0. The Labute approximate surface area is 203 Å². The van der Waals surface area contributed by atoms with Crippen molar-refractivity contribution in [3.8, 4) is 6.07 Å². The molecule has 8 nitrogen and oxygen atoms in total. The number of halogens is 4. The summed E-state index contributed by atoms with van der Waals surface area (Å²) in [5.41, 5.74) is 4.58. The summed E-state index contributed by atoms with van der Waals surface area (Å²) in [7, 11) is 0. The number of carbonyl (C=O) groups excluding carboxylic acids is 1. The summed E-state index contributed by atoms with van der Waals surface area (Å²) < 4.78 is 56.9. The average molecular weight is 497 g/mol. The maximum absolute atomic E-state index is 14.9. The number of hydrogen-bond donors (Lipinski definition) is 1. The molecule has 0 unspecified atom stereocenters. The Kier molecular flexibility index (Phi) is 5.62. The van der Waals surface area contributed by atoms with Crippen LogP contribution in [0.4, 0.5) is 40.6 Å². The molecule has 1 aromatic heterocycles. The molecule has 2 aliphatic heterocycles. The number of nitrogens with two attached hydrogens (primary N) is 1. The third-order valence-electron chi connectivity index (χ3n) is 6.30. The molecule has 0 bridgehead atoms. The van der Waals surface area contributed by atoms with Gasteiger partial charge in [0.05, 0.1) is 23.4 Å². The lowest BCUT2D eigenvalue weighted by Gasteiger charge is -2.44. The second-order valence-corrected chi connectivity index (χ2v) is 8.41. The van der Waals surface area contributed by atoms with Crippen molar-refractivity contribution >= 4 is 28.9 Å². The Balaban J connectivity index is 1.68. The number of benzene rings is 2. The number of alkyl halides is 4. The summed E-state index contributed by atoms with van der Waals surface area (Å²) in [5.74, 6) is -0.833. The van der Waals surface area contributed by atoms with E-state index in [1.807, 2.05) is 6.07 Å². The van der Waals surface area contributed by atoms with Gasteiger partial charge in [-0.2, -0.15) is 18.4 Å². The molecule has 1 fully saturated rings. The van der Waals surface area contributed by atoms with Gasteiger partial charge in [0.1, 0.15) is 42.8 Å². The van der Waals surface area contributed by atoms with E-state index in [1.165, 1.54) is 26.8 Å². The number of para-hydroxylation sites is 1. The number of anilines is 4. The van der Waals surface area contributed by atoms with E-state index in [4.69, 9.17) is 5.73 Å². The van der Waals surface area contributed by atoms with Gasteiger partial charge in [-0.05, 0) is 24.3 Å². The molecule has 2 atom stereocenters. The van der Waals surface area contributed by atoms with Crippen LogP contribution in [0.15, 0.2) is 54.9 Å². The zero-order chi connectivity index (χ0) is 25.6. The molecule has 36 heavy (non-hydrogen) atoms. The number of fused-ring (bicyclic) bond motifs is 1. The van der Waals surface area contributed by atoms with Crippen molar-refractivity contribution < 1.29 is 22.4 Å². The number of nitrogen functional groups attached to an aromatic ring is 1. The predicted molar refractivity (Wildman–Crippen MR) is 124 cm³/mol. The number of carbonyl (C=O) groups is 1. The van der Waals surface area contributed by atoms with Crippen LogP contribution >= 0.6 is 0 Å². The van der Waals surface area contributed by atoms with Crippen molar-refractivity contribution in [1.29, 1.82) is 5.26 Å². The number of aromatic nitrogens is 2. The fourth-order valence-corrected chi connectivity index (χ4v) is 4.73. The first kappa shape index (κ1) is 23.3. The van der Waals surface area contributed by atoms with E-state index in [1.54, 1.807) is 30.3 Å². The maximum atomic E-state index is 14.9. The SMILES string of the molecule is N#Cc1c(N)ncnc1N1C[C@@H](F)C[C@@H]1N1CN(c2ccccc2)C(=O)c2c1cccc2C(F)(F)F. The highest BCUT2D eigenvalue weighted by atomic mass is 19.4. The van der Waals surface area contributed by atoms with Crippen molar-refractivity contribution in [2.45, 2.75) is 24.9 Å². The molecule has 0 spiro atoms. The zero-order valence-corrected chi connectivity index (χ0v) is 18.7. The fourth-order valence-electron chi connectivity index (χ4n) is 4.73. The molecule has 0 saturated carbocycles. The molecule has 2 aliphatic rings. The highest BCUT2D eigenvalue weighted by molar-refractivity contribution is 6.13. The van der Waals surface area contributed by atoms with Crippen LogP contribution < -0.4 is 20.4 Å². The molecule has 1 saturated heterocycles. The van der Waals surface area contributed by atoms with E-state index in [9.17, 15) is 27.6 Å². The molecule has 184 valence electrons. The lowest BCUT2D eigenvalue weighted by molar-refractivity contribution is -0.137. The van der Waals surface area contributed by atoms with Gasteiger partial charge in [-0.25, -0.2) is 14.4 Å². The third-order valence-corrected chi connectivity index (χ3v) is 6.30. The summed E-state index contributed by atoms with van der Waals surface area (Å²) >= 11 is 0. The van der Waals surface area contributed by atoms with E-state index in [2.05, 4.69) is 9.97 Å². The molecule has 2 aromatic carbocycles. The van der Waals surface area contributed by atoms with Gasteiger partial charge < -0.3 is 15.5 Å². The molecule has 5 rings (SSSR count). The summed E-state index contributed by atoms with van der Waals surface area (Å²) in [6.07, 6.45) is -5.97. The number of hydrogen-bond acceptors (Lipinski definition) is 7. The highest BCUT2D eigenvalue weighted by Gasteiger charge is 2.46. The Bertz CT molecular complexity index is 1360. The highest BCUT2D eigenvalue weighted by Crippen LogP contribution is 2.43. The van der Waals surface area contributed by atoms with E-state index in [0.29, 0.717) is 5.69 Å². The smallest absolute Gasteiger partial charge is 0.382 e. The summed E-state index contributed by atoms with van der Waals surface area (Å²) in [4.78, 5) is 25.6. The van der Waals surface area contributed by atoms with Gasteiger partial charge in [0.15, 0.2) is 5.82 Å². The van der Waals surface area contributed by atoms with E-state index >= 15 is 0 Å². The van der Waals surface area contributed by atoms with Crippen LogP contribution in [0.3, 0.4) is 0 Å². The van der Waals surface area contributed by atoms with Crippen molar-refractivity contribution in [3.63, 3.8) is 0 Å². The third kappa shape index (κ3) is 3.82. The van der Waals surface area contributed by atoms with Crippen LogP contribution in [-0.2, 0) is 6.18 Å². The summed E-state index contributed by atoms with van der Waals surface area (Å²) in [5, 5.41) is 9.61. The van der Waals surface area contributed by atoms with Crippen LogP contribution in [-0.4, -0.2) is 41.4 Å². The fraction of sp³-hybridized carbons (Fsp3) is 0.250. The van der Waals surface area contributed by atoms with Gasteiger partial charge in [-0.3, -0.25) is 9.69 Å². The normalized spacial score (nSPS) is 19.9. The molecule has 3 aromatic rings. The van der Waals surface area contributed by atoms with Crippen LogP contribution in [0.2, 0.25) is 0 Å². The van der Waals surface area contributed by atoms with Crippen LogP contribution in [0.25, 0.3) is 0 Å². The van der Waals surface area contributed by atoms with Gasteiger partial charge in [0, 0.05) is 12.1 Å². The van der Waals surface area contributed by atoms with Crippen molar-refractivity contribution in [3.05, 3.63) is 71.5 Å². The Hall–Kier alpha value is -4.40. The first-order chi connectivity index (χ1) is 17.2. The second-order valence-electron chi connectivity index (χ2n) is 8.41. The number of nitriles is 1. The average Bonchev–Trinajstić information content (AvgIpc) is 3.25. The van der Waals surface area contributed by atoms with E-state index in [0.717, 1.165) is 12.4 Å². The molecule has 12 heteroatoms. The van der Waals surface area contributed by atoms with Crippen molar-refractivity contribution in [2.24, 2.45) is 0 Å². The molecule has 0 aliphatic carbocycles. The molecule has 0 radical (unpaired) electrons. The molecule has 3 heterocycles. The minimum atomic E-state index is -4.79. The van der Waals surface area contributed by atoms with Crippen LogP contribution in [0.5, 0.6) is 0 Å². The minimum Gasteiger partial charge on any atom is -0.382 e. The van der Waals surface area contributed by atoms with E-state index < -0.39 is 35.5 Å². The Morgan fingerprint density at radius 3 is 2.50 bits per heavy atom. The predicted octanol–water partition coefficient (Wildman–Crippen LogP) is 3.95. The zero-order valence-electron chi connectivity index (χ0n) is 18.7. The molecular formula is C24H19F4N7O. The van der Waals surface area contributed by atoms with Crippen LogP contribution in [0.1, 0.15) is 27.9 Å². The van der Waals surface area contributed by atoms with Gasteiger partial charge in [-0.15, -0.1) is 0 Å². The maximum Gasteiger partial charge on any atom is 0.417 e. The first-order valence-corrected chi connectivity index (χ1v) is 11.0. The second kappa shape index (κ2) is 8.67. The van der Waals surface area contributed by atoms with E-state index in [-0.39, 0.29) is 42.5 Å². The Morgan fingerprint density at radius 1 is 1.06 bits per heavy atom. The van der Waals surface area contributed by atoms with Gasteiger partial charge in [0.2, 0.25) is 0 Å². The molecule has 1 amide bonds. The van der Waals surface area contributed by atoms with Crippen molar-refractivity contribution in [2.75, 3.05) is 33.6 Å². The quantitative estimate of drug-likeness (QED) is 0.547. The molecule has 2 N–H and O–H groups in total. The van der Waals surface area contributed by atoms with Gasteiger partial charge >= 0.3 is 6.18 Å². The minimum absolute atomic E-state index is 0.0200. The Morgan fingerprint density at radius 2 is 1.81 bits per heavy atom.